The van der Waals surface area contributed by atoms with Gasteiger partial charge in [-0.25, -0.2) is 0 Å². The summed E-state index contributed by atoms with van der Waals surface area (Å²) < 4.78 is 5.21. The predicted octanol–water partition coefficient (Wildman–Crippen LogP) is 2.67. The normalized spacial score (nSPS) is 27.6. The van der Waals surface area contributed by atoms with Crippen molar-refractivity contribution < 1.29 is 9.84 Å². The van der Waals surface area contributed by atoms with E-state index >= 15 is 0 Å². The van der Waals surface area contributed by atoms with Crippen LogP contribution in [0.15, 0.2) is 12.1 Å². The second kappa shape index (κ2) is 5.52. The number of likely N-dealkylation sites (tertiary alicyclic amines) is 1. The van der Waals surface area contributed by atoms with Crippen LogP contribution in [0.4, 0.5) is 0 Å². The summed E-state index contributed by atoms with van der Waals surface area (Å²) in [4.78, 5) is 5.21. The van der Waals surface area contributed by atoms with E-state index in [0.29, 0.717) is 6.61 Å². The smallest absolute Gasteiger partial charge is 0.0954 e. The van der Waals surface area contributed by atoms with E-state index in [9.17, 15) is 5.11 Å². The zero-order valence-electron chi connectivity index (χ0n) is 12.4. The molecule has 2 heterocycles. The minimum absolute atomic E-state index is 0.145. The summed E-state index contributed by atoms with van der Waals surface area (Å²) in [5.74, 6) is 0. The van der Waals surface area contributed by atoms with Crippen molar-refractivity contribution >= 4 is 11.3 Å². The van der Waals surface area contributed by atoms with Crippen molar-refractivity contribution in [3.8, 4) is 0 Å². The molecule has 4 heteroatoms. The lowest BCUT2D eigenvalue weighted by Gasteiger charge is -2.50. The molecule has 0 aromatic carbocycles. The molecule has 0 spiro atoms. The zero-order chi connectivity index (χ0) is 14.1. The lowest BCUT2D eigenvalue weighted by atomic mass is 9.70. The van der Waals surface area contributed by atoms with Crippen LogP contribution in [0.1, 0.15) is 30.0 Å². The van der Waals surface area contributed by atoms with Gasteiger partial charge in [0.25, 0.3) is 0 Å². The van der Waals surface area contributed by atoms with E-state index in [1.54, 1.807) is 7.11 Å². The first kappa shape index (κ1) is 15.0. The number of hydrogen-bond acceptors (Lipinski definition) is 4. The highest BCUT2D eigenvalue weighted by molar-refractivity contribution is 7.11. The average molecular weight is 283 g/mol. The topological polar surface area (TPSA) is 32.7 Å². The first-order valence-electron chi connectivity index (χ1n) is 6.85. The van der Waals surface area contributed by atoms with Gasteiger partial charge in [0.15, 0.2) is 0 Å². The maximum absolute atomic E-state index is 10.7. The predicted molar refractivity (Wildman–Crippen MR) is 79.6 cm³/mol. The average Bonchev–Trinajstić information content (AvgIpc) is 2.70. The summed E-state index contributed by atoms with van der Waals surface area (Å²) in [5.41, 5.74) is -0.850. The van der Waals surface area contributed by atoms with E-state index < -0.39 is 5.60 Å². The lowest BCUT2D eigenvalue weighted by Crippen LogP contribution is -2.59. The van der Waals surface area contributed by atoms with Crippen LogP contribution in [-0.4, -0.2) is 42.4 Å². The third-order valence-electron chi connectivity index (χ3n) is 4.28. The number of piperidine rings is 1. The van der Waals surface area contributed by atoms with Crippen molar-refractivity contribution in [1.82, 2.24) is 4.90 Å². The molecule has 19 heavy (non-hydrogen) atoms. The number of thiophene rings is 1. The Morgan fingerprint density at radius 1 is 1.42 bits per heavy atom. The van der Waals surface area contributed by atoms with E-state index in [1.165, 1.54) is 9.75 Å². The number of hydrogen-bond donors (Lipinski definition) is 1. The minimum Gasteiger partial charge on any atom is -0.387 e. The van der Waals surface area contributed by atoms with Crippen LogP contribution >= 0.6 is 11.3 Å². The minimum atomic E-state index is -0.705. The van der Waals surface area contributed by atoms with Gasteiger partial charge >= 0.3 is 0 Å². The van der Waals surface area contributed by atoms with Crippen LogP contribution < -0.4 is 0 Å². The highest BCUT2D eigenvalue weighted by atomic mass is 32.1. The molecule has 1 fully saturated rings. The Bertz CT molecular complexity index is 430. The molecule has 0 unspecified atom stereocenters. The van der Waals surface area contributed by atoms with Gasteiger partial charge < -0.3 is 9.84 Å². The zero-order valence-corrected chi connectivity index (χ0v) is 13.2. The van der Waals surface area contributed by atoms with Crippen molar-refractivity contribution in [1.29, 1.82) is 0 Å². The molecule has 1 aliphatic heterocycles. The van der Waals surface area contributed by atoms with Crippen molar-refractivity contribution in [2.75, 3.05) is 26.8 Å². The van der Waals surface area contributed by atoms with Crippen LogP contribution in [0.3, 0.4) is 0 Å². The summed E-state index contributed by atoms with van der Waals surface area (Å²) in [6.07, 6.45) is 0.776. The molecular weight excluding hydrogens is 258 g/mol. The molecule has 0 bridgehead atoms. The largest absolute Gasteiger partial charge is 0.387 e. The molecule has 0 saturated carbocycles. The summed E-state index contributed by atoms with van der Waals surface area (Å²) in [5, 5.41) is 10.7. The third kappa shape index (κ3) is 3.19. The van der Waals surface area contributed by atoms with Crippen molar-refractivity contribution in [3.05, 3.63) is 21.9 Å². The summed E-state index contributed by atoms with van der Waals surface area (Å²) in [7, 11) is 1.66. The fourth-order valence-electron chi connectivity index (χ4n) is 2.90. The molecule has 0 aliphatic carbocycles. The van der Waals surface area contributed by atoms with Gasteiger partial charge in [-0.15, -0.1) is 11.3 Å². The molecule has 1 N–H and O–H groups in total. The Morgan fingerprint density at radius 2 is 2.16 bits per heavy atom. The molecule has 1 aliphatic rings. The number of methoxy groups -OCH3 is 1. The van der Waals surface area contributed by atoms with E-state index in [0.717, 1.165) is 26.1 Å². The highest BCUT2D eigenvalue weighted by Gasteiger charge is 2.47. The Morgan fingerprint density at radius 3 is 2.68 bits per heavy atom. The maximum atomic E-state index is 10.7. The van der Waals surface area contributed by atoms with Crippen molar-refractivity contribution in [2.24, 2.45) is 5.41 Å². The fourth-order valence-corrected chi connectivity index (χ4v) is 3.83. The summed E-state index contributed by atoms with van der Waals surface area (Å²) >= 11 is 1.86. The van der Waals surface area contributed by atoms with E-state index in [4.69, 9.17) is 4.74 Å². The standard InChI is InChI=1S/C15H25NO2S/c1-12-5-6-13(19-12)9-16-8-7-15(17,11-18-4)14(2,3)10-16/h5-6,17H,7-11H2,1-4H3/t15-/m1/s1. The highest BCUT2D eigenvalue weighted by Crippen LogP contribution is 2.39. The fraction of sp³-hybridized carbons (Fsp3) is 0.733. The van der Waals surface area contributed by atoms with Gasteiger partial charge in [-0.3, -0.25) is 4.90 Å². The molecule has 1 atom stereocenters. The molecule has 1 aromatic rings. The Kier molecular flexibility index (Phi) is 4.35. The molecular formula is C15H25NO2S. The first-order valence-corrected chi connectivity index (χ1v) is 7.67. The van der Waals surface area contributed by atoms with Crippen LogP contribution in [0.2, 0.25) is 0 Å². The monoisotopic (exact) mass is 283 g/mol. The molecule has 0 amide bonds. The number of aryl methyl sites for hydroxylation is 1. The van der Waals surface area contributed by atoms with Gasteiger partial charge in [-0.05, 0) is 25.5 Å². The summed E-state index contributed by atoms with van der Waals surface area (Å²) in [6.45, 7) is 9.67. The van der Waals surface area contributed by atoms with E-state index in [2.05, 4.69) is 37.8 Å². The molecule has 1 saturated heterocycles. The SMILES string of the molecule is COC[C@]1(O)CCN(Cc2ccc(C)s2)CC1(C)C. The van der Waals surface area contributed by atoms with Gasteiger partial charge in [0, 0.05) is 41.9 Å². The first-order chi connectivity index (χ1) is 8.86. The lowest BCUT2D eigenvalue weighted by molar-refractivity contribution is -0.151. The van der Waals surface area contributed by atoms with E-state index in [1.807, 2.05) is 11.3 Å². The van der Waals surface area contributed by atoms with Gasteiger partial charge in [-0.2, -0.15) is 0 Å². The van der Waals surface area contributed by atoms with Gasteiger partial charge in [0.2, 0.25) is 0 Å². The van der Waals surface area contributed by atoms with Gasteiger partial charge in [-0.1, -0.05) is 13.8 Å². The van der Waals surface area contributed by atoms with Gasteiger partial charge in [0.1, 0.15) is 0 Å². The van der Waals surface area contributed by atoms with E-state index in [-0.39, 0.29) is 5.41 Å². The number of nitrogens with zero attached hydrogens (tertiary/aromatic N) is 1. The molecule has 2 rings (SSSR count). The van der Waals surface area contributed by atoms with Crippen LogP contribution in [0.5, 0.6) is 0 Å². The second-order valence-electron chi connectivity index (χ2n) is 6.32. The maximum Gasteiger partial charge on any atom is 0.0954 e. The van der Waals surface area contributed by atoms with Gasteiger partial charge in [0.05, 0.1) is 12.2 Å². The van der Waals surface area contributed by atoms with Crippen LogP contribution in [0, 0.1) is 12.3 Å². The molecule has 108 valence electrons. The number of aliphatic hydroxyl groups is 1. The van der Waals surface area contributed by atoms with Crippen molar-refractivity contribution in [2.45, 2.75) is 39.3 Å². The Labute approximate surface area is 120 Å². The van der Waals surface area contributed by atoms with Crippen LogP contribution in [0.25, 0.3) is 0 Å². The quantitative estimate of drug-likeness (QED) is 0.922. The third-order valence-corrected chi connectivity index (χ3v) is 5.26. The van der Waals surface area contributed by atoms with Crippen molar-refractivity contribution in [3.63, 3.8) is 0 Å². The molecule has 3 nitrogen and oxygen atoms in total. The Balaban J connectivity index is 2.01. The molecule has 0 radical (unpaired) electrons. The van der Waals surface area contributed by atoms with Crippen LogP contribution in [-0.2, 0) is 11.3 Å². The Hall–Kier alpha value is -0.420. The second-order valence-corrected chi connectivity index (χ2v) is 7.69. The summed E-state index contributed by atoms with van der Waals surface area (Å²) in [6, 6.07) is 4.39. The number of ether oxygens (including phenoxy) is 1. The number of rotatable bonds is 4. The molecule has 1 aromatic heterocycles.